The number of ether oxygens (including phenoxy) is 1. The van der Waals surface area contributed by atoms with Crippen LogP contribution in [0.2, 0.25) is 0 Å². The molecule has 0 radical (unpaired) electrons. The maximum atomic E-state index is 10.6. The van der Waals surface area contributed by atoms with Crippen LogP contribution < -0.4 is 0 Å². The van der Waals surface area contributed by atoms with Gasteiger partial charge in [-0.25, -0.2) is 0 Å². The van der Waals surface area contributed by atoms with Crippen molar-refractivity contribution >= 4 is 5.97 Å². The molecule has 1 aliphatic heterocycles. The Morgan fingerprint density at radius 3 is 2.33 bits per heavy atom. The largest absolute Gasteiger partial charge is 0.462 e. The van der Waals surface area contributed by atoms with Crippen molar-refractivity contribution < 1.29 is 9.53 Å². The quantitative estimate of drug-likeness (QED) is 0.460. The SMILES string of the molecule is C[C@@H]1OC(=O)CC1(C)C. The van der Waals surface area contributed by atoms with E-state index in [0.717, 1.165) is 0 Å². The number of esters is 1. The second kappa shape index (κ2) is 1.72. The van der Waals surface area contributed by atoms with Gasteiger partial charge in [0.1, 0.15) is 6.10 Å². The van der Waals surface area contributed by atoms with E-state index in [-0.39, 0.29) is 17.5 Å². The van der Waals surface area contributed by atoms with Crippen LogP contribution in [0.15, 0.2) is 0 Å². The Balaban J connectivity index is 2.69. The van der Waals surface area contributed by atoms with Crippen LogP contribution in [-0.2, 0) is 9.53 Å². The summed E-state index contributed by atoms with van der Waals surface area (Å²) in [6.45, 7) is 6.02. The van der Waals surface area contributed by atoms with Gasteiger partial charge in [0.25, 0.3) is 0 Å². The second-order valence-electron chi connectivity index (χ2n) is 3.30. The van der Waals surface area contributed by atoms with Crippen LogP contribution in [0.1, 0.15) is 27.2 Å². The van der Waals surface area contributed by atoms with Gasteiger partial charge in [-0.1, -0.05) is 13.8 Å². The number of carbonyl (C=O) groups is 1. The maximum absolute atomic E-state index is 10.6. The number of hydrogen-bond donors (Lipinski definition) is 0. The predicted molar refractivity (Wildman–Crippen MR) is 34.0 cm³/mol. The Kier molecular flexibility index (Phi) is 1.26. The number of rotatable bonds is 0. The van der Waals surface area contributed by atoms with Gasteiger partial charge in [0.15, 0.2) is 0 Å². The molecule has 1 atom stereocenters. The summed E-state index contributed by atoms with van der Waals surface area (Å²) < 4.78 is 4.94. The van der Waals surface area contributed by atoms with E-state index >= 15 is 0 Å². The summed E-state index contributed by atoms with van der Waals surface area (Å²) >= 11 is 0. The van der Waals surface area contributed by atoms with E-state index in [4.69, 9.17) is 4.74 Å². The Morgan fingerprint density at radius 1 is 1.67 bits per heavy atom. The van der Waals surface area contributed by atoms with Gasteiger partial charge < -0.3 is 4.74 Å². The first-order valence-corrected chi connectivity index (χ1v) is 3.22. The monoisotopic (exact) mass is 128 g/mol. The van der Waals surface area contributed by atoms with Crippen LogP contribution in [0.25, 0.3) is 0 Å². The van der Waals surface area contributed by atoms with E-state index in [0.29, 0.717) is 6.42 Å². The van der Waals surface area contributed by atoms with Crippen molar-refractivity contribution in [3.8, 4) is 0 Å². The van der Waals surface area contributed by atoms with Crippen LogP contribution in [0.3, 0.4) is 0 Å². The van der Waals surface area contributed by atoms with Gasteiger partial charge in [-0.2, -0.15) is 0 Å². The van der Waals surface area contributed by atoms with Crippen LogP contribution in [-0.4, -0.2) is 12.1 Å². The molecule has 0 unspecified atom stereocenters. The second-order valence-corrected chi connectivity index (χ2v) is 3.30. The first-order chi connectivity index (χ1) is 4.02. The molecule has 0 amide bonds. The van der Waals surface area contributed by atoms with Crippen molar-refractivity contribution in [2.45, 2.75) is 33.3 Å². The molecule has 0 aromatic rings. The average Bonchev–Trinajstić information content (AvgIpc) is 1.79. The lowest BCUT2D eigenvalue weighted by molar-refractivity contribution is -0.141. The molecule has 1 rings (SSSR count). The molecule has 0 N–H and O–H groups in total. The molecule has 2 nitrogen and oxygen atoms in total. The van der Waals surface area contributed by atoms with E-state index in [1.165, 1.54) is 0 Å². The molecule has 0 spiro atoms. The zero-order chi connectivity index (χ0) is 7.07. The minimum Gasteiger partial charge on any atom is -0.462 e. The molecule has 1 saturated heterocycles. The zero-order valence-corrected chi connectivity index (χ0v) is 6.10. The molecular weight excluding hydrogens is 116 g/mol. The van der Waals surface area contributed by atoms with Crippen LogP contribution in [0.5, 0.6) is 0 Å². The fourth-order valence-corrected chi connectivity index (χ4v) is 0.914. The van der Waals surface area contributed by atoms with Crippen molar-refractivity contribution in [2.75, 3.05) is 0 Å². The Labute approximate surface area is 55.2 Å². The molecule has 2 heteroatoms. The summed E-state index contributed by atoms with van der Waals surface area (Å²) in [5.74, 6) is -0.0625. The molecule has 1 fully saturated rings. The van der Waals surface area contributed by atoms with Crippen molar-refractivity contribution in [3.63, 3.8) is 0 Å². The van der Waals surface area contributed by atoms with Gasteiger partial charge in [0, 0.05) is 5.41 Å². The molecule has 0 bridgehead atoms. The van der Waals surface area contributed by atoms with E-state index in [2.05, 4.69) is 0 Å². The highest BCUT2D eigenvalue weighted by molar-refractivity contribution is 5.72. The number of hydrogen-bond acceptors (Lipinski definition) is 2. The number of cyclic esters (lactones) is 1. The van der Waals surface area contributed by atoms with Gasteiger partial charge in [-0.05, 0) is 6.92 Å². The minimum absolute atomic E-state index is 0.0527. The molecule has 52 valence electrons. The third-order valence-corrected chi connectivity index (χ3v) is 2.01. The Bertz CT molecular complexity index is 138. The average molecular weight is 128 g/mol. The van der Waals surface area contributed by atoms with Gasteiger partial charge in [0.05, 0.1) is 6.42 Å². The molecular formula is C7H12O2. The molecule has 0 aromatic heterocycles. The van der Waals surface area contributed by atoms with Crippen LogP contribution in [0.4, 0.5) is 0 Å². The molecule has 0 aliphatic carbocycles. The summed E-state index contributed by atoms with van der Waals surface area (Å²) in [5, 5.41) is 0. The van der Waals surface area contributed by atoms with Crippen molar-refractivity contribution in [1.82, 2.24) is 0 Å². The van der Waals surface area contributed by atoms with E-state index in [9.17, 15) is 4.79 Å². The minimum atomic E-state index is -0.0625. The summed E-state index contributed by atoms with van der Waals surface area (Å²) in [5.41, 5.74) is 0.0527. The summed E-state index contributed by atoms with van der Waals surface area (Å²) in [7, 11) is 0. The smallest absolute Gasteiger partial charge is 0.306 e. The highest BCUT2D eigenvalue weighted by atomic mass is 16.5. The lowest BCUT2D eigenvalue weighted by Gasteiger charge is -2.18. The molecule has 0 saturated carbocycles. The standard InChI is InChI=1S/C7H12O2/c1-5-7(2,3)4-6(8)9-5/h5H,4H2,1-3H3/t5-/m0/s1. The Hall–Kier alpha value is -0.530. The van der Waals surface area contributed by atoms with Crippen molar-refractivity contribution in [2.24, 2.45) is 5.41 Å². The summed E-state index contributed by atoms with van der Waals surface area (Å²) in [6.07, 6.45) is 0.652. The normalized spacial score (nSPS) is 32.3. The van der Waals surface area contributed by atoms with Gasteiger partial charge >= 0.3 is 5.97 Å². The van der Waals surface area contributed by atoms with Gasteiger partial charge in [0.2, 0.25) is 0 Å². The lowest BCUT2D eigenvalue weighted by atomic mass is 9.87. The van der Waals surface area contributed by atoms with Gasteiger partial charge in [-0.15, -0.1) is 0 Å². The molecule has 0 aromatic carbocycles. The van der Waals surface area contributed by atoms with Gasteiger partial charge in [-0.3, -0.25) is 4.79 Å². The summed E-state index contributed by atoms with van der Waals surface area (Å²) in [6, 6.07) is 0. The van der Waals surface area contributed by atoms with E-state index in [1.807, 2.05) is 20.8 Å². The first-order valence-electron chi connectivity index (χ1n) is 3.22. The van der Waals surface area contributed by atoms with E-state index in [1.54, 1.807) is 0 Å². The highest BCUT2D eigenvalue weighted by Crippen LogP contribution is 2.33. The maximum Gasteiger partial charge on any atom is 0.306 e. The third kappa shape index (κ3) is 1.07. The third-order valence-electron chi connectivity index (χ3n) is 2.01. The Morgan fingerprint density at radius 2 is 2.22 bits per heavy atom. The molecule has 1 aliphatic rings. The van der Waals surface area contributed by atoms with Crippen LogP contribution in [0, 0.1) is 5.41 Å². The first kappa shape index (κ1) is 6.59. The van der Waals surface area contributed by atoms with Crippen molar-refractivity contribution in [1.29, 1.82) is 0 Å². The number of carbonyl (C=O) groups excluding carboxylic acids is 1. The zero-order valence-electron chi connectivity index (χ0n) is 6.10. The predicted octanol–water partition coefficient (Wildman–Crippen LogP) is 1.35. The topological polar surface area (TPSA) is 26.3 Å². The van der Waals surface area contributed by atoms with Crippen LogP contribution >= 0.6 is 0 Å². The van der Waals surface area contributed by atoms with E-state index < -0.39 is 0 Å². The molecule has 9 heavy (non-hydrogen) atoms. The lowest BCUT2D eigenvalue weighted by Crippen LogP contribution is -2.19. The fraction of sp³-hybridized carbons (Fsp3) is 0.857. The fourth-order valence-electron chi connectivity index (χ4n) is 0.914. The summed E-state index contributed by atoms with van der Waals surface area (Å²) in [4.78, 5) is 10.6. The highest BCUT2D eigenvalue weighted by Gasteiger charge is 2.38. The van der Waals surface area contributed by atoms with Crippen molar-refractivity contribution in [3.05, 3.63) is 0 Å². The molecule has 1 heterocycles.